The van der Waals surface area contributed by atoms with Gasteiger partial charge in [-0.1, -0.05) is 50.0 Å². The molecule has 0 N–H and O–H groups in total. The summed E-state index contributed by atoms with van der Waals surface area (Å²) >= 11 is 0. The molecule has 0 spiro atoms. The number of pyridine rings is 1. The number of carbonyl (C=O) groups is 1. The van der Waals surface area contributed by atoms with Gasteiger partial charge in [-0.3, -0.25) is 4.79 Å². The quantitative estimate of drug-likeness (QED) is 0.410. The molecule has 0 aliphatic carbocycles. The Labute approximate surface area is 132 Å². The monoisotopic (exact) mass is 349 g/mol. The van der Waals surface area contributed by atoms with Gasteiger partial charge in [0.1, 0.15) is 0 Å². The number of hydrogen-bond acceptors (Lipinski definition) is 1. The molecule has 0 saturated carbocycles. The van der Waals surface area contributed by atoms with E-state index in [-0.39, 0.29) is 22.8 Å². The highest BCUT2D eigenvalue weighted by molar-refractivity contribution is 6.88. The normalized spacial score (nSPS) is 10.8. The first kappa shape index (κ1) is 16.8. The molecule has 0 aliphatic rings. The molecule has 0 aliphatic heterocycles. The molecule has 0 fully saturated rings. The molecule has 1 aromatic heterocycles. The summed E-state index contributed by atoms with van der Waals surface area (Å²) in [6.07, 6.45) is 4.02. The van der Waals surface area contributed by atoms with Crippen molar-refractivity contribution in [3.63, 3.8) is 0 Å². The van der Waals surface area contributed by atoms with E-state index in [9.17, 15) is 4.79 Å². The van der Waals surface area contributed by atoms with E-state index in [0.717, 1.165) is 5.56 Å². The lowest BCUT2D eigenvalue weighted by atomic mass is 10.1. The number of rotatable bonds is 4. The molecule has 0 unspecified atom stereocenters. The van der Waals surface area contributed by atoms with Crippen LogP contribution in [0.5, 0.6) is 0 Å². The van der Waals surface area contributed by atoms with Crippen LogP contribution in [0.15, 0.2) is 54.9 Å². The molecular weight excluding hydrogens is 330 g/mol. The molecule has 2 aromatic rings. The van der Waals surface area contributed by atoms with Crippen molar-refractivity contribution in [1.82, 2.24) is 0 Å². The summed E-state index contributed by atoms with van der Waals surface area (Å²) < 4.78 is 1.94. The lowest BCUT2D eigenvalue weighted by Gasteiger charge is -2.14. The first-order valence-corrected chi connectivity index (χ1v) is 10.0. The summed E-state index contributed by atoms with van der Waals surface area (Å²) in [5.74, 6) is 0.145. The van der Waals surface area contributed by atoms with Crippen LogP contribution in [0.3, 0.4) is 0 Å². The fourth-order valence-electron chi connectivity index (χ4n) is 1.94. The molecule has 4 heteroatoms. The Balaban J connectivity index is 0.00000200. The van der Waals surface area contributed by atoms with Crippen LogP contribution in [0, 0.1) is 0 Å². The van der Waals surface area contributed by atoms with Crippen molar-refractivity contribution in [2.24, 2.45) is 0 Å². The van der Waals surface area contributed by atoms with E-state index in [0.29, 0.717) is 6.54 Å². The molecule has 2 rings (SSSR count). The standard InChI is InChI=1S/C16H20NOSi.BrH/c1-19(2,3)15-9-11-17(12-10-15)13-16(18)14-7-5-4-6-8-14;/h4-12H,13H2,1-3H3;1H/q+1;/p-1. The van der Waals surface area contributed by atoms with Gasteiger partial charge in [0.25, 0.3) is 0 Å². The molecule has 0 bridgehead atoms. The van der Waals surface area contributed by atoms with E-state index in [1.165, 1.54) is 5.19 Å². The second kappa shape index (κ2) is 6.95. The van der Waals surface area contributed by atoms with Crippen LogP contribution in [0.1, 0.15) is 10.4 Å². The molecule has 1 aromatic carbocycles. The summed E-state index contributed by atoms with van der Waals surface area (Å²) in [6.45, 7) is 7.36. The Hall–Kier alpha value is -1.26. The maximum absolute atomic E-state index is 12.1. The number of aromatic nitrogens is 1. The first-order chi connectivity index (χ1) is 8.97. The topological polar surface area (TPSA) is 20.9 Å². The number of halogens is 1. The van der Waals surface area contributed by atoms with E-state index < -0.39 is 8.07 Å². The summed E-state index contributed by atoms with van der Waals surface area (Å²) in [4.78, 5) is 12.1. The van der Waals surface area contributed by atoms with Gasteiger partial charge in [0.15, 0.2) is 12.4 Å². The van der Waals surface area contributed by atoms with Gasteiger partial charge in [0.2, 0.25) is 12.3 Å². The number of nitrogens with zero attached hydrogens (tertiary/aromatic N) is 1. The molecule has 0 radical (unpaired) electrons. The van der Waals surface area contributed by atoms with Crippen LogP contribution in [-0.4, -0.2) is 13.9 Å². The Morgan fingerprint density at radius 1 is 1.00 bits per heavy atom. The molecule has 0 atom stereocenters. The third-order valence-corrected chi connectivity index (χ3v) is 5.24. The highest BCUT2D eigenvalue weighted by Gasteiger charge is 2.18. The number of ketones is 1. The number of Topliss-reactive ketones (excluding diaryl/α,β-unsaturated/α-hetero) is 1. The highest BCUT2D eigenvalue weighted by atomic mass is 79.9. The number of hydrogen-bond donors (Lipinski definition) is 0. The van der Waals surface area contributed by atoms with E-state index in [1.54, 1.807) is 0 Å². The van der Waals surface area contributed by atoms with Crippen molar-refractivity contribution in [2.75, 3.05) is 0 Å². The Morgan fingerprint density at radius 3 is 2.05 bits per heavy atom. The van der Waals surface area contributed by atoms with Crippen molar-refractivity contribution >= 4 is 19.0 Å². The maximum Gasteiger partial charge on any atom is 0.227 e. The smallest absolute Gasteiger partial charge is 0.227 e. The summed E-state index contributed by atoms with van der Waals surface area (Å²) in [6, 6.07) is 13.7. The van der Waals surface area contributed by atoms with Gasteiger partial charge in [-0.2, -0.15) is 4.57 Å². The Morgan fingerprint density at radius 2 is 1.55 bits per heavy atom. The van der Waals surface area contributed by atoms with Crippen LogP contribution >= 0.6 is 0 Å². The number of carbonyl (C=O) groups excluding carboxylic acids is 1. The predicted octanol–water partition coefficient (Wildman–Crippen LogP) is -0.594. The molecule has 20 heavy (non-hydrogen) atoms. The van der Waals surface area contributed by atoms with E-state index in [2.05, 4.69) is 31.8 Å². The Bertz CT molecular complexity index is 561. The fraction of sp³-hybridized carbons (Fsp3) is 0.250. The lowest BCUT2D eigenvalue weighted by Crippen LogP contribution is -3.00. The zero-order valence-corrected chi connectivity index (χ0v) is 14.7. The van der Waals surface area contributed by atoms with Crippen LogP contribution in [-0.2, 0) is 6.54 Å². The third-order valence-electron chi connectivity index (χ3n) is 3.18. The first-order valence-electron chi connectivity index (χ1n) is 6.55. The molecule has 0 amide bonds. The average molecular weight is 350 g/mol. The molecular formula is C16H20BrNOSi. The van der Waals surface area contributed by atoms with Crippen molar-refractivity contribution in [1.29, 1.82) is 0 Å². The minimum atomic E-state index is -1.26. The van der Waals surface area contributed by atoms with Crippen LogP contribution in [0.25, 0.3) is 0 Å². The van der Waals surface area contributed by atoms with E-state index >= 15 is 0 Å². The summed E-state index contributed by atoms with van der Waals surface area (Å²) in [7, 11) is -1.26. The molecule has 2 nitrogen and oxygen atoms in total. The summed E-state index contributed by atoms with van der Waals surface area (Å²) in [5.41, 5.74) is 0.768. The third kappa shape index (κ3) is 4.39. The van der Waals surface area contributed by atoms with Gasteiger partial charge in [-0.05, 0) is 5.19 Å². The molecule has 106 valence electrons. The van der Waals surface area contributed by atoms with Gasteiger partial charge < -0.3 is 17.0 Å². The van der Waals surface area contributed by atoms with Gasteiger partial charge in [-0.25, -0.2) is 0 Å². The zero-order chi connectivity index (χ0) is 13.9. The van der Waals surface area contributed by atoms with Crippen molar-refractivity contribution in [3.05, 3.63) is 60.4 Å². The van der Waals surface area contributed by atoms with Crippen molar-refractivity contribution < 1.29 is 26.3 Å². The van der Waals surface area contributed by atoms with Crippen molar-refractivity contribution in [2.45, 2.75) is 26.2 Å². The van der Waals surface area contributed by atoms with E-state index in [4.69, 9.17) is 0 Å². The number of benzene rings is 1. The largest absolute Gasteiger partial charge is 1.00 e. The van der Waals surface area contributed by atoms with Crippen LogP contribution in [0.4, 0.5) is 0 Å². The molecule has 0 saturated heterocycles. The Kier molecular flexibility index (Phi) is 5.83. The lowest BCUT2D eigenvalue weighted by molar-refractivity contribution is -0.683. The molecule has 1 heterocycles. The maximum atomic E-state index is 12.1. The highest BCUT2D eigenvalue weighted by Crippen LogP contribution is 2.01. The SMILES string of the molecule is C[Si](C)(C)c1cc[n+](CC(=O)c2ccccc2)cc1.[Br-]. The van der Waals surface area contributed by atoms with Gasteiger partial charge in [0, 0.05) is 17.7 Å². The summed E-state index contributed by atoms with van der Waals surface area (Å²) in [5, 5.41) is 1.41. The van der Waals surface area contributed by atoms with Crippen LogP contribution in [0.2, 0.25) is 19.6 Å². The van der Waals surface area contributed by atoms with Crippen molar-refractivity contribution in [3.8, 4) is 0 Å². The van der Waals surface area contributed by atoms with Crippen LogP contribution < -0.4 is 26.7 Å². The second-order valence-corrected chi connectivity index (χ2v) is 10.9. The minimum Gasteiger partial charge on any atom is -1.00 e. The average Bonchev–Trinajstić information content (AvgIpc) is 2.39. The van der Waals surface area contributed by atoms with Gasteiger partial charge >= 0.3 is 0 Å². The minimum absolute atomic E-state index is 0. The van der Waals surface area contributed by atoms with E-state index in [1.807, 2.05) is 47.3 Å². The predicted molar refractivity (Wildman–Crippen MR) is 80.4 cm³/mol. The van der Waals surface area contributed by atoms with Gasteiger partial charge in [0.05, 0.1) is 8.07 Å². The van der Waals surface area contributed by atoms with Gasteiger partial charge in [-0.15, -0.1) is 0 Å². The second-order valence-electron chi connectivity index (χ2n) is 5.80. The zero-order valence-electron chi connectivity index (χ0n) is 12.1. The fourth-order valence-corrected chi connectivity index (χ4v) is 3.09.